The first-order chi connectivity index (χ1) is 13.7. The minimum Gasteiger partial charge on any atom is -0.497 e. The highest BCUT2D eigenvalue weighted by Crippen LogP contribution is 2.15. The number of nitrogens with one attached hydrogen (secondary N) is 2. The van der Waals surface area contributed by atoms with Crippen LogP contribution in [0.5, 0.6) is 5.75 Å². The molecule has 0 unspecified atom stereocenters. The Morgan fingerprint density at radius 2 is 1.86 bits per heavy atom. The second-order valence-electron chi connectivity index (χ2n) is 6.66. The molecule has 146 valence electrons. The molecule has 1 heterocycles. The monoisotopic (exact) mass is 394 g/mol. The van der Waals surface area contributed by atoms with Gasteiger partial charge in [0.05, 0.1) is 25.5 Å². The van der Waals surface area contributed by atoms with Crippen molar-refractivity contribution in [1.82, 2.24) is 9.78 Å². The number of anilines is 2. The summed E-state index contributed by atoms with van der Waals surface area (Å²) in [4.78, 5) is 0. The normalized spacial score (nSPS) is 10.5. The number of hydrogen-bond donors (Lipinski definition) is 2. The lowest BCUT2D eigenvalue weighted by Crippen LogP contribution is -2.18. The average Bonchev–Trinajstić information content (AvgIpc) is 3.14. The molecule has 0 amide bonds. The lowest BCUT2D eigenvalue weighted by molar-refractivity contribution is 0.414. The highest BCUT2D eigenvalue weighted by atomic mass is 32.1. The number of ether oxygens (including phenoxy) is 1. The third-order valence-corrected chi connectivity index (χ3v) is 4.60. The number of hydrogen-bond acceptors (Lipinski definition) is 3. The number of nitrogens with zero attached hydrogens (tertiary/aromatic N) is 2. The summed E-state index contributed by atoms with van der Waals surface area (Å²) in [5.41, 5.74) is 4.30. The zero-order chi connectivity index (χ0) is 19.8. The van der Waals surface area contributed by atoms with Crippen molar-refractivity contribution in [2.24, 2.45) is 0 Å². The molecular weight excluding hydrogens is 368 g/mol. The summed E-state index contributed by atoms with van der Waals surface area (Å²) in [6.07, 6.45) is 7.24. The molecule has 0 aliphatic heterocycles. The molecule has 2 N–H and O–H groups in total. The van der Waals surface area contributed by atoms with E-state index in [9.17, 15) is 0 Å². The maximum Gasteiger partial charge on any atom is 0.175 e. The fourth-order valence-corrected chi connectivity index (χ4v) is 3.14. The zero-order valence-electron chi connectivity index (χ0n) is 16.3. The summed E-state index contributed by atoms with van der Waals surface area (Å²) in [7, 11) is 1.67. The summed E-state index contributed by atoms with van der Waals surface area (Å²) in [6, 6.07) is 16.4. The Kier molecular flexibility index (Phi) is 7.03. The second-order valence-corrected chi connectivity index (χ2v) is 7.07. The smallest absolute Gasteiger partial charge is 0.175 e. The minimum atomic E-state index is 0.544. The molecule has 0 aliphatic rings. The summed E-state index contributed by atoms with van der Waals surface area (Å²) in [6.45, 7) is 2.87. The summed E-state index contributed by atoms with van der Waals surface area (Å²) >= 11 is 5.42. The van der Waals surface area contributed by atoms with Gasteiger partial charge in [0.15, 0.2) is 5.11 Å². The molecule has 0 bridgehead atoms. The van der Waals surface area contributed by atoms with Crippen LogP contribution in [0, 0.1) is 0 Å². The number of unbranched alkanes of at least 4 members (excludes halogenated alkanes) is 1. The quantitative estimate of drug-likeness (QED) is 0.521. The summed E-state index contributed by atoms with van der Waals surface area (Å²) < 4.78 is 7.13. The Labute approximate surface area is 171 Å². The van der Waals surface area contributed by atoms with Gasteiger partial charge in [0.2, 0.25) is 0 Å². The highest BCUT2D eigenvalue weighted by Gasteiger charge is 2.04. The number of thiocarbonyl (C=S) groups is 1. The molecule has 0 saturated heterocycles. The van der Waals surface area contributed by atoms with E-state index in [4.69, 9.17) is 17.0 Å². The minimum absolute atomic E-state index is 0.544. The first-order valence-electron chi connectivity index (χ1n) is 9.48. The van der Waals surface area contributed by atoms with Crippen LogP contribution in [-0.2, 0) is 13.0 Å². The predicted molar refractivity (Wildman–Crippen MR) is 119 cm³/mol. The molecule has 3 aromatic rings. The molecular formula is C22H26N4OS. The van der Waals surface area contributed by atoms with Crippen molar-refractivity contribution < 1.29 is 4.74 Å². The highest BCUT2D eigenvalue weighted by molar-refractivity contribution is 7.80. The van der Waals surface area contributed by atoms with E-state index in [1.54, 1.807) is 13.3 Å². The number of methoxy groups -OCH3 is 1. The van der Waals surface area contributed by atoms with Crippen LogP contribution in [0.25, 0.3) is 0 Å². The van der Waals surface area contributed by atoms with Crippen LogP contribution in [0.2, 0.25) is 0 Å². The van der Waals surface area contributed by atoms with Crippen molar-refractivity contribution in [3.63, 3.8) is 0 Å². The van der Waals surface area contributed by atoms with Gasteiger partial charge in [-0.2, -0.15) is 5.10 Å². The van der Waals surface area contributed by atoms with Gasteiger partial charge >= 0.3 is 0 Å². The van der Waals surface area contributed by atoms with E-state index in [0.29, 0.717) is 11.7 Å². The molecule has 5 nitrogen and oxygen atoms in total. The molecule has 0 atom stereocenters. The van der Waals surface area contributed by atoms with E-state index in [0.717, 1.165) is 29.1 Å². The van der Waals surface area contributed by atoms with Gasteiger partial charge in [-0.05, 0) is 60.5 Å². The van der Waals surface area contributed by atoms with Crippen LogP contribution in [-0.4, -0.2) is 22.0 Å². The number of aromatic nitrogens is 2. The van der Waals surface area contributed by atoms with E-state index in [1.807, 2.05) is 35.1 Å². The Morgan fingerprint density at radius 1 is 1.07 bits per heavy atom. The maximum atomic E-state index is 5.42. The molecule has 1 aromatic heterocycles. The fraction of sp³-hybridized carbons (Fsp3) is 0.273. The van der Waals surface area contributed by atoms with Gasteiger partial charge in [-0.25, -0.2) is 0 Å². The number of rotatable bonds is 8. The molecule has 0 saturated carbocycles. The van der Waals surface area contributed by atoms with Gasteiger partial charge in [-0.3, -0.25) is 4.68 Å². The third-order valence-electron chi connectivity index (χ3n) is 4.40. The molecule has 2 aromatic carbocycles. The van der Waals surface area contributed by atoms with Gasteiger partial charge < -0.3 is 15.4 Å². The van der Waals surface area contributed by atoms with Crippen LogP contribution in [0.4, 0.5) is 11.4 Å². The topological polar surface area (TPSA) is 51.1 Å². The predicted octanol–water partition coefficient (Wildman–Crippen LogP) is 5.09. The van der Waals surface area contributed by atoms with Crippen molar-refractivity contribution >= 4 is 28.7 Å². The number of benzene rings is 2. The SMILES string of the molecule is CCCCc1ccc(NC(=S)Nc2cnn(Cc3cccc(OC)c3)c2)cc1. The maximum absolute atomic E-state index is 5.42. The zero-order valence-corrected chi connectivity index (χ0v) is 17.1. The molecule has 28 heavy (non-hydrogen) atoms. The van der Waals surface area contributed by atoms with Gasteiger partial charge in [-0.15, -0.1) is 0 Å². The Balaban J connectivity index is 1.53. The van der Waals surface area contributed by atoms with Crippen LogP contribution < -0.4 is 15.4 Å². The lowest BCUT2D eigenvalue weighted by atomic mass is 10.1. The Bertz CT molecular complexity index is 905. The van der Waals surface area contributed by atoms with Crippen LogP contribution in [0.3, 0.4) is 0 Å². The molecule has 0 radical (unpaired) electrons. The van der Waals surface area contributed by atoms with E-state index in [-0.39, 0.29) is 0 Å². The number of aryl methyl sites for hydroxylation is 1. The largest absolute Gasteiger partial charge is 0.497 e. The van der Waals surface area contributed by atoms with Gasteiger partial charge in [-0.1, -0.05) is 37.6 Å². The van der Waals surface area contributed by atoms with E-state index >= 15 is 0 Å². The average molecular weight is 395 g/mol. The first-order valence-corrected chi connectivity index (χ1v) is 9.89. The van der Waals surface area contributed by atoms with Crippen LogP contribution in [0.15, 0.2) is 60.9 Å². The molecule has 0 fully saturated rings. The third kappa shape index (κ3) is 5.82. The lowest BCUT2D eigenvalue weighted by Gasteiger charge is -2.09. The van der Waals surface area contributed by atoms with Crippen LogP contribution in [0.1, 0.15) is 30.9 Å². The Morgan fingerprint density at radius 3 is 2.61 bits per heavy atom. The fourth-order valence-electron chi connectivity index (χ4n) is 2.90. The standard InChI is InChI=1S/C22H26N4OS/c1-3-4-6-17-9-11-19(12-10-17)24-22(28)25-20-14-23-26(16-20)15-18-7-5-8-21(13-18)27-2/h5,7-14,16H,3-4,6,15H2,1-2H3,(H2,24,25,28). The first kappa shape index (κ1) is 19.9. The van der Waals surface area contributed by atoms with Gasteiger partial charge in [0.1, 0.15) is 5.75 Å². The van der Waals surface area contributed by atoms with Gasteiger partial charge in [0, 0.05) is 11.9 Å². The Hall–Kier alpha value is -2.86. The van der Waals surface area contributed by atoms with Crippen molar-refractivity contribution in [3.05, 3.63) is 72.1 Å². The molecule has 3 rings (SSSR count). The molecule has 0 aliphatic carbocycles. The molecule has 0 spiro atoms. The van der Waals surface area contributed by atoms with Crippen molar-refractivity contribution in [1.29, 1.82) is 0 Å². The second kappa shape index (κ2) is 9.90. The van der Waals surface area contributed by atoms with Crippen molar-refractivity contribution in [2.45, 2.75) is 32.7 Å². The van der Waals surface area contributed by atoms with Crippen LogP contribution >= 0.6 is 12.2 Å². The van der Waals surface area contributed by atoms with Crippen molar-refractivity contribution in [3.8, 4) is 5.75 Å². The van der Waals surface area contributed by atoms with E-state index < -0.39 is 0 Å². The van der Waals surface area contributed by atoms with Crippen molar-refractivity contribution in [2.75, 3.05) is 17.7 Å². The summed E-state index contributed by atoms with van der Waals surface area (Å²) in [5.74, 6) is 0.842. The van der Waals surface area contributed by atoms with Gasteiger partial charge in [0.25, 0.3) is 0 Å². The molecule has 6 heteroatoms. The summed E-state index contributed by atoms with van der Waals surface area (Å²) in [5, 5.41) is 11.3. The van der Waals surface area contributed by atoms with E-state index in [2.05, 4.69) is 46.9 Å². The van der Waals surface area contributed by atoms with E-state index in [1.165, 1.54) is 18.4 Å².